The molecule has 2 heterocycles. The van der Waals surface area contributed by atoms with E-state index in [4.69, 9.17) is 16.6 Å². The number of halogens is 1. The number of phenols is 1. The van der Waals surface area contributed by atoms with Crippen LogP contribution in [0.1, 0.15) is 5.56 Å². The van der Waals surface area contributed by atoms with E-state index >= 15 is 0 Å². The van der Waals surface area contributed by atoms with Crippen LogP contribution in [0.25, 0.3) is 0 Å². The van der Waals surface area contributed by atoms with Gasteiger partial charge in [0.1, 0.15) is 10.7 Å². The number of aryl methyl sites for hydroxylation is 1. The number of aliphatic imine (C=N–C) groups is 1. The minimum absolute atomic E-state index is 0.119. The third-order valence-corrected chi connectivity index (χ3v) is 7.73. The Morgan fingerprint density at radius 2 is 1.78 bits per heavy atom. The van der Waals surface area contributed by atoms with Gasteiger partial charge in [0.05, 0.1) is 22.1 Å². The zero-order valence-corrected chi connectivity index (χ0v) is 19.6. The molecule has 1 N–H and O–H groups in total. The summed E-state index contributed by atoms with van der Waals surface area (Å²) in [6.45, 7) is 1.99. The molecule has 0 atom stereocenters. The van der Waals surface area contributed by atoms with E-state index in [1.165, 1.54) is 11.8 Å². The van der Waals surface area contributed by atoms with Crippen LogP contribution in [0.5, 0.6) is 5.75 Å². The molecule has 0 radical (unpaired) electrons. The summed E-state index contributed by atoms with van der Waals surface area (Å²) in [6.07, 6.45) is 0. The molecule has 160 valence electrons. The van der Waals surface area contributed by atoms with Crippen molar-refractivity contribution in [2.24, 2.45) is 4.99 Å². The van der Waals surface area contributed by atoms with Crippen molar-refractivity contribution in [2.75, 3.05) is 16.8 Å². The number of hydrogen-bond donors (Lipinski definition) is 1. The lowest BCUT2D eigenvalue weighted by atomic mass is 10.2. The molecule has 8 heteroatoms. The maximum absolute atomic E-state index is 13.7. The average molecular weight is 480 g/mol. The van der Waals surface area contributed by atoms with Crippen molar-refractivity contribution >= 4 is 63.3 Å². The number of hydrogen-bond acceptors (Lipinski definition) is 6. The van der Waals surface area contributed by atoms with Crippen molar-refractivity contribution in [1.82, 2.24) is 0 Å². The number of amides is 1. The van der Waals surface area contributed by atoms with E-state index in [-0.39, 0.29) is 11.7 Å². The lowest BCUT2D eigenvalue weighted by molar-refractivity contribution is -0.113. The maximum Gasteiger partial charge on any atom is 0.274 e. The van der Waals surface area contributed by atoms with Gasteiger partial charge in [-0.1, -0.05) is 35.5 Å². The van der Waals surface area contributed by atoms with E-state index in [0.717, 1.165) is 26.9 Å². The van der Waals surface area contributed by atoms with E-state index in [9.17, 15) is 9.90 Å². The molecule has 0 aromatic heterocycles. The number of fused-ring (bicyclic) bond motifs is 1. The first-order valence-electron chi connectivity index (χ1n) is 9.83. The lowest BCUT2D eigenvalue weighted by Gasteiger charge is -2.17. The molecule has 1 fully saturated rings. The van der Waals surface area contributed by atoms with Gasteiger partial charge in [-0.2, -0.15) is 0 Å². The molecule has 2 aliphatic rings. The van der Waals surface area contributed by atoms with Crippen LogP contribution in [0.15, 0.2) is 86.6 Å². The molecule has 5 rings (SSSR count). The van der Waals surface area contributed by atoms with Gasteiger partial charge in [-0.25, -0.2) is 4.99 Å². The predicted molar refractivity (Wildman–Crippen MR) is 134 cm³/mol. The van der Waals surface area contributed by atoms with E-state index < -0.39 is 0 Å². The number of amidine groups is 1. The number of phenolic OH excluding ortho intramolecular Hbond substituents is 1. The van der Waals surface area contributed by atoms with Crippen LogP contribution in [0.4, 0.5) is 17.1 Å². The van der Waals surface area contributed by atoms with Gasteiger partial charge in [-0.05, 0) is 78.8 Å². The van der Waals surface area contributed by atoms with Gasteiger partial charge in [-0.3, -0.25) is 9.69 Å². The van der Waals surface area contributed by atoms with E-state index in [1.54, 1.807) is 40.9 Å². The molecule has 32 heavy (non-hydrogen) atoms. The summed E-state index contributed by atoms with van der Waals surface area (Å²) in [5, 5.41) is 11.7. The van der Waals surface area contributed by atoms with Crippen LogP contribution >= 0.6 is 35.1 Å². The van der Waals surface area contributed by atoms with E-state index in [0.29, 0.717) is 20.8 Å². The minimum atomic E-state index is -0.119. The molecule has 0 aliphatic carbocycles. The zero-order valence-electron chi connectivity index (χ0n) is 17.2. The Kier molecular flexibility index (Phi) is 5.41. The molecule has 1 amide bonds. The van der Waals surface area contributed by atoms with Crippen molar-refractivity contribution in [1.29, 1.82) is 0 Å². The van der Waals surface area contributed by atoms with Crippen molar-refractivity contribution in [3.63, 3.8) is 0 Å². The van der Waals surface area contributed by atoms with Crippen LogP contribution < -0.4 is 9.80 Å². The van der Waals surface area contributed by atoms with Gasteiger partial charge >= 0.3 is 0 Å². The smallest absolute Gasteiger partial charge is 0.274 e. The molecular formula is C24H18ClN3O2S2. The van der Waals surface area contributed by atoms with Crippen LogP contribution in [-0.2, 0) is 4.79 Å². The van der Waals surface area contributed by atoms with Gasteiger partial charge in [0.15, 0.2) is 5.17 Å². The van der Waals surface area contributed by atoms with Crippen LogP contribution in [0, 0.1) is 6.92 Å². The zero-order chi connectivity index (χ0) is 22.4. The van der Waals surface area contributed by atoms with Crippen molar-refractivity contribution in [2.45, 2.75) is 11.8 Å². The van der Waals surface area contributed by atoms with Gasteiger partial charge in [0.2, 0.25) is 0 Å². The van der Waals surface area contributed by atoms with Gasteiger partial charge in [-0.15, -0.1) is 0 Å². The number of benzene rings is 3. The Morgan fingerprint density at radius 3 is 2.53 bits per heavy atom. The summed E-state index contributed by atoms with van der Waals surface area (Å²) in [5.41, 5.74) is 3.45. The highest BCUT2D eigenvalue weighted by molar-refractivity contribution is 8.20. The Bertz CT molecular complexity index is 1300. The highest BCUT2D eigenvalue weighted by atomic mass is 35.5. The summed E-state index contributed by atoms with van der Waals surface area (Å²) in [7, 11) is 1.94. The molecule has 0 bridgehead atoms. The third kappa shape index (κ3) is 3.77. The van der Waals surface area contributed by atoms with Gasteiger partial charge in [0, 0.05) is 17.0 Å². The second-order valence-corrected chi connectivity index (χ2v) is 9.84. The van der Waals surface area contributed by atoms with Crippen LogP contribution in [0.3, 0.4) is 0 Å². The number of rotatable bonds is 2. The summed E-state index contributed by atoms with van der Waals surface area (Å²) < 4.78 is 0. The third-order valence-electron chi connectivity index (χ3n) is 5.10. The number of carbonyl (C=O) groups is 1. The van der Waals surface area contributed by atoms with Crippen LogP contribution in [0.2, 0.25) is 5.02 Å². The molecule has 0 spiro atoms. The monoisotopic (exact) mass is 479 g/mol. The molecule has 0 saturated carbocycles. The Labute approximate surface area is 199 Å². The van der Waals surface area contributed by atoms with E-state index in [1.807, 2.05) is 61.3 Å². The Balaban J connectivity index is 1.61. The Hall–Kier alpha value is -2.87. The number of thioether (sulfide) groups is 2. The fraction of sp³-hybridized carbons (Fsp3) is 0.0833. The van der Waals surface area contributed by atoms with Gasteiger partial charge < -0.3 is 10.0 Å². The number of carbonyl (C=O) groups excluding carboxylic acids is 1. The Morgan fingerprint density at radius 1 is 1.00 bits per heavy atom. The molecule has 0 unspecified atom stereocenters. The number of nitrogens with zero attached hydrogens (tertiary/aromatic N) is 3. The summed E-state index contributed by atoms with van der Waals surface area (Å²) >= 11 is 9.10. The molecule has 3 aromatic rings. The van der Waals surface area contributed by atoms with Crippen molar-refractivity contribution in [3.05, 3.63) is 87.3 Å². The van der Waals surface area contributed by atoms with E-state index in [2.05, 4.69) is 0 Å². The minimum Gasteiger partial charge on any atom is -0.508 e. The highest BCUT2D eigenvalue weighted by Crippen LogP contribution is 2.51. The SMILES string of the molecule is Cc1cccc(N2C(=O)/C(=C3/Sc4ccc(Cl)cc4N3C)SC2=Nc2ccc(O)cc2)c1. The molecule has 1 saturated heterocycles. The molecule has 2 aliphatic heterocycles. The summed E-state index contributed by atoms with van der Waals surface area (Å²) in [4.78, 5) is 23.7. The summed E-state index contributed by atoms with van der Waals surface area (Å²) in [5.74, 6) is 0.0502. The number of aromatic hydroxyl groups is 1. The largest absolute Gasteiger partial charge is 0.508 e. The molecule has 3 aromatic carbocycles. The standard InChI is InChI=1S/C24H18ClN3O2S2/c1-14-4-3-5-17(12-14)28-22(30)21(32-24(28)26-16-7-9-18(29)10-8-16)23-27(2)19-13-15(25)6-11-20(19)31-23/h3-13,29H,1-2H3/b23-21-,26-24?. The first kappa shape index (κ1) is 21.0. The first-order valence-corrected chi connectivity index (χ1v) is 11.8. The molecule has 5 nitrogen and oxygen atoms in total. The lowest BCUT2D eigenvalue weighted by Crippen LogP contribution is -2.29. The predicted octanol–water partition coefficient (Wildman–Crippen LogP) is 6.53. The quantitative estimate of drug-likeness (QED) is 0.423. The molecular weight excluding hydrogens is 462 g/mol. The van der Waals surface area contributed by atoms with Gasteiger partial charge in [0.25, 0.3) is 5.91 Å². The second-order valence-electron chi connectivity index (χ2n) is 7.40. The number of anilines is 2. The normalized spacial score (nSPS) is 19.2. The van der Waals surface area contributed by atoms with Crippen LogP contribution in [-0.4, -0.2) is 23.2 Å². The average Bonchev–Trinajstić information content (AvgIpc) is 3.26. The maximum atomic E-state index is 13.7. The fourth-order valence-corrected chi connectivity index (χ4v) is 6.02. The highest BCUT2D eigenvalue weighted by Gasteiger charge is 2.40. The topological polar surface area (TPSA) is 56.1 Å². The fourth-order valence-electron chi connectivity index (χ4n) is 3.53. The summed E-state index contributed by atoms with van der Waals surface area (Å²) in [6, 6.07) is 20.2. The first-order chi connectivity index (χ1) is 15.4. The second kappa shape index (κ2) is 8.24. The van der Waals surface area contributed by atoms with Crippen molar-refractivity contribution in [3.8, 4) is 5.75 Å². The van der Waals surface area contributed by atoms with Crippen molar-refractivity contribution < 1.29 is 9.90 Å².